The van der Waals surface area contributed by atoms with Gasteiger partial charge in [-0.3, -0.25) is 4.79 Å². The molecule has 5 heteroatoms. The number of carbonyl (C=O) groups excluding carboxylic acids is 1. The van der Waals surface area contributed by atoms with Gasteiger partial charge in [0.1, 0.15) is 5.69 Å². The van der Waals surface area contributed by atoms with Crippen LogP contribution in [-0.2, 0) is 4.79 Å². The molecule has 1 atom stereocenters. The van der Waals surface area contributed by atoms with Gasteiger partial charge in [-0.15, -0.1) is 0 Å². The van der Waals surface area contributed by atoms with Gasteiger partial charge in [-0.25, -0.2) is 4.98 Å². The lowest BCUT2D eigenvalue weighted by Crippen LogP contribution is -2.32. The van der Waals surface area contributed by atoms with Crippen LogP contribution in [0.2, 0.25) is 0 Å². The van der Waals surface area contributed by atoms with Crippen molar-refractivity contribution in [2.24, 2.45) is 17.1 Å². The highest BCUT2D eigenvalue weighted by Crippen LogP contribution is 2.27. The third kappa shape index (κ3) is 6.12. The average Bonchev–Trinajstić information content (AvgIpc) is 2.36. The van der Waals surface area contributed by atoms with Gasteiger partial charge in [-0.1, -0.05) is 20.8 Å². The Morgan fingerprint density at radius 1 is 1.43 bits per heavy atom. The number of carbonyl (C=O) groups is 1. The van der Waals surface area contributed by atoms with Crippen LogP contribution in [0, 0.1) is 11.3 Å². The number of nitrogens with two attached hydrogens (primary N) is 1. The Labute approximate surface area is 127 Å². The Morgan fingerprint density at radius 2 is 2.10 bits per heavy atom. The lowest BCUT2D eigenvalue weighted by molar-refractivity contribution is -0.120. The fourth-order valence-electron chi connectivity index (χ4n) is 2.06. The maximum atomic E-state index is 12.4. The molecule has 1 heterocycles. The topological polar surface area (TPSA) is 77.2 Å². The van der Waals surface area contributed by atoms with Crippen LogP contribution in [0.25, 0.3) is 0 Å². The van der Waals surface area contributed by atoms with E-state index in [9.17, 15) is 4.79 Å². The Balaban J connectivity index is 2.82. The predicted octanol–water partition coefficient (Wildman–Crippen LogP) is 2.82. The van der Waals surface area contributed by atoms with Gasteiger partial charge in [0.15, 0.2) is 0 Å². The molecule has 0 aliphatic heterocycles. The highest BCUT2D eigenvalue weighted by atomic mass is 16.5. The molecule has 0 aromatic carbocycles. The largest absolute Gasteiger partial charge is 0.473 e. The molecule has 1 amide bonds. The normalized spacial score (nSPS) is 13.1. The first-order valence-corrected chi connectivity index (χ1v) is 7.35. The molecule has 0 fully saturated rings. The quantitative estimate of drug-likeness (QED) is 0.845. The molecule has 0 bridgehead atoms. The number of pyridine rings is 1. The van der Waals surface area contributed by atoms with Crippen molar-refractivity contribution in [3.8, 4) is 5.88 Å². The number of hydrogen-bond donors (Lipinski definition) is 2. The standard InChI is InChI=1S/C16H27N3O2/c1-11(2)21-15-13(7-6-8-18-15)19-14(20)12(10-17)9-16(3,4)5/h6-8,11-12H,9-10,17H2,1-5H3,(H,19,20). The Hall–Kier alpha value is -1.62. The first kappa shape index (κ1) is 17.4. The molecule has 1 unspecified atom stereocenters. The summed E-state index contributed by atoms with van der Waals surface area (Å²) < 4.78 is 5.60. The molecule has 0 saturated heterocycles. The Kier molecular flexibility index (Phi) is 6.15. The molecule has 21 heavy (non-hydrogen) atoms. The van der Waals surface area contributed by atoms with Crippen LogP contribution in [0.1, 0.15) is 41.0 Å². The van der Waals surface area contributed by atoms with Gasteiger partial charge in [-0.05, 0) is 37.8 Å². The minimum absolute atomic E-state index is 0.00423. The molecule has 5 nitrogen and oxygen atoms in total. The molecule has 118 valence electrons. The number of anilines is 1. The summed E-state index contributed by atoms with van der Waals surface area (Å²) in [6.07, 6.45) is 2.37. The van der Waals surface area contributed by atoms with Gasteiger partial charge in [0, 0.05) is 12.7 Å². The molecule has 0 aliphatic rings. The van der Waals surface area contributed by atoms with E-state index in [0.717, 1.165) is 6.42 Å². The van der Waals surface area contributed by atoms with Gasteiger partial charge in [0.2, 0.25) is 11.8 Å². The van der Waals surface area contributed by atoms with Crippen LogP contribution >= 0.6 is 0 Å². The molecular formula is C16H27N3O2. The fourth-order valence-corrected chi connectivity index (χ4v) is 2.06. The van der Waals surface area contributed by atoms with E-state index >= 15 is 0 Å². The van der Waals surface area contributed by atoms with E-state index in [4.69, 9.17) is 10.5 Å². The van der Waals surface area contributed by atoms with Gasteiger partial charge in [0.05, 0.1) is 12.0 Å². The van der Waals surface area contributed by atoms with Crippen molar-refractivity contribution in [3.05, 3.63) is 18.3 Å². The van der Waals surface area contributed by atoms with Crippen molar-refractivity contribution in [2.75, 3.05) is 11.9 Å². The van der Waals surface area contributed by atoms with Gasteiger partial charge < -0.3 is 15.8 Å². The maximum absolute atomic E-state index is 12.4. The zero-order valence-electron chi connectivity index (χ0n) is 13.6. The zero-order chi connectivity index (χ0) is 16.0. The molecule has 0 radical (unpaired) electrons. The molecule has 1 rings (SSSR count). The molecule has 0 aliphatic carbocycles. The third-order valence-corrected chi connectivity index (χ3v) is 2.89. The highest BCUT2D eigenvalue weighted by molar-refractivity contribution is 5.93. The van der Waals surface area contributed by atoms with E-state index in [1.807, 2.05) is 13.8 Å². The molecule has 0 spiro atoms. The summed E-state index contributed by atoms with van der Waals surface area (Å²) in [7, 11) is 0. The minimum atomic E-state index is -0.225. The third-order valence-electron chi connectivity index (χ3n) is 2.89. The van der Waals surface area contributed by atoms with Crippen molar-refractivity contribution in [2.45, 2.75) is 47.1 Å². The van der Waals surface area contributed by atoms with Crippen molar-refractivity contribution in [3.63, 3.8) is 0 Å². The van der Waals surface area contributed by atoms with Crippen LogP contribution in [0.15, 0.2) is 18.3 Å². The molecule has 1 aromatic heterocycles. The summed E-state index contributed by atoms with van der Waals surface area (Å²) in [4.78, 5) is 16.5. The van der Waals surface area contributed by atoms with Gasteiger partial charge in [0.25, 0.3) is 0 Å². The van der Waals surface area contributed by atoms with E-state index in [0.29, 0.717) is 18.1 Å². The number of rotatable bonds is 6. The predicted molar refractivity (Wildman–Crippen MR) is 85.2 cm³/mol. The van der Waals surface area contributed by atoms with Crippen LogP contribution < -0.4 is 15.8 Å². The zero-order valence-corrected chi connectivity index (χ0v) is 13.6. The first-order chi connectivity index (χ1) is 9.73. The number of nitrogens with one attached hydrogen (secondary N) is 1. The van der Waals surface area contributed by atoms with Crippen molar-refractivity contribution in [1.82, 2.24) is 4.98 Å². The fraction of sp³-hybridized carbons (Fsp3) is 0.625. The lowest BCUT2D eigenvalue weighted by Gasteiger charge is -2.24. The van der Waals surface area contributed by atoms with Crippen molar-refractivity contribution >= 4 is 11.6 Å². The molecular weight excluding hydrogens is 266 g/mol. The van der Waals surface area contributed by atoms with E-state index in [-0.39, 0.29) is 23.3 Å². The average molecular weight is 293 g/mol. The Morgan fingerprint density at radius 3 is 2.62 bits per heavy atom. The summed E-state index contributed by atoms with van der Waals surface area (Å²) in [5, 5.41) is 2.88. The van der Waals surface area contributed by atoms with E-state index in [1.54, 1.807) is 18.3 Å². The van der Waals surface area contributed by atoms with Crippen LogP contribution in [0.4, 0.5) is 5.69 Å². The number of amides is 1. The van der Waals surface area contributed by atoms with Crippen LogP contribution in [0.5, 0.6) is 5.88 Å². The smallest absolute Gasteiger partial charge is 0.238 e. The van der Waals surface area contributed by atoms with E-state index < -0.39 is 0 Å². The number of aromatic nitrogens is 1. The van der Waals surface area contributed by atoms with Gasteiger partial charge >= 0.3 is 0 Å². The van der Waals surface area contributed by atoms with Gasteiger partial charge in [-0.2, -0.15) is 0 Å². The summed E-state index contributed by atoms with van der Waals surface area (Å²) in [5.41, 5.74) is 6.38. The number of nitrogens with zero attached hydrogens (tertiary/aromatic N) is 1. The second-order valence-corrected chi connectivity index (χ2v) is 6.71. The second kappa shape index (κ2) is 7.41. The van der Waals surface area contributed by atoms with Crippen molar-refractivity contribution in [1.29, 1.82) is 0 Å². The summed E-state index contributed by atoms with van der Waals surface area (Å²) in [6, 6.07) is 3.55. The van der Waals surface area contributed by atoms with Crippen LogP contribution in [-0.4, -0.2) is 23.5 Å². The highest BCUT2D eigenvalue weighted by Gasteiger charge is 2.24. The monoisotopic (exact) mass is 293 g/mol. The number of hydrogen-bond acceptors (Lipinski definition) is 4. The minimum Gasteiger partial charge on any atom is -0.473 e. The second-order valence-electron chi connectivity index (χ2n) is 6.71. The summed E-state index contributed by atoms with van der Waals surface area (Å²) >= 11 is 0. The summed E-state index contributed by atoms with van der Waals surface area (Å²) in [5.74, 6) is 0.124. The summed E-state index contributed by atoms with van der Waals surface area (Å²) in [6.45, 7) is 10.5. The lowest BCUT2D eigenvalue weighted by atomic mass is 9.84. The Bertz CT molecular complexity index is 467. The van der Waals surface area contributed by atoms with Crippen LogP contribution in [0.3, 0.4) is 0 Å². The molecule has 1 aromatic rings. The SMILES string of the molecule is CC(C)Oc1ncccc1NC(=O)C(CN)CC(C)(C)C. The van der Waals surface area contributed by atoms with Crippen molar-refractivity contribution < 1.29 is 9.53 Å². The molecule has 0 saturated carbocycles. The molecule has 3 N–H and O–H groups in total. The van der Waals surface area contributed by atoms with E-state index in [2.05, 4.69) is 31.1 Å². The maximum Gasteiger partial charge on any atom is 0.238 e. The first-order valence-electron chi connectivity index (χ1n) is 7.35. The number of ether oxygens (including phenoxy) is 1. The van der Waals surface area contributed by atoms with E-state index in [1.165, 1.54) is 0 Å².